The van der Waals surface area contributed by atoms with Crippen molar-refractivity contribution in [3.63, 3.8) is 0 Å². The Labute approximate surface area is 185 Å². The van der Waals surface area contributed by atoms with E-state index in [9.17, 15) is 0 Å². The summed E-state index contributed by atoms with van der Waals surface area (Å²) in [7, 11) is 1.63. The Hall–Kier alpha value is -2.90. The smallest absolute Gasteiger partial charge is 0.258 e. The number of benzene rings is 2. The van der Waals surface area contributed by atoms with Crippen molar-refractivity contribution in [1.82, 2.24) is 20.4 Å². The molecule has 1 aromatic heterocycles. The molecule has 4 rings (SSSR count). The lowest BCUT2D eigenvalue weighted by Crippen LogP contribution is -2.45. The molecule has 0 bridgehead atoms. The van der Waals surface area contributed by atoms with E-state index in [2.05, 4.69) is 15.5 Å². The highest BCUT2D eigenvalue weighted by Gasteiger charge is 2.33. The van der Waals surface area contributed by atoms with Crippen molar-refractivity contribution in [3.8, 4) is 17.1 Å². The average molecular weight is 441 g/mol. The van der Waals surface area contributed by atoms with Gasteiger partial charge in [0.25, 0.3) is 5.89 Å². The molecule has 0 aliphatic carbocycles. The molecule has 3 aromatic rings. The first kappa shape index (κ1) is 20.4. The summed E-state index contributed by atoms with van der Waals surface area (Å²) in [5, 5.41) is 8.91. The van der Waals surface area contributed by atoms with Crippen LogP contribution >= 0.6 is 23.8 Å². The third kappa shape index (κ3) is 3.78. The number of nitrogens with zero attached hydrogens (tertiary/aromatic N) is 3. The molecule has 154 valence electrons. The van der Waals surface area contributed by atoms with Gasteiger partial charge in [-0.2, -0.15) is 4.98 Å². The summed E-state index contributed by atoms with van der Waals surface area (Å²) in [4.78, 5) is 6.70. The molecule has 8 heteroatoms. The monoisotopic (exact) mass is 440 g/mol. The van der Waals surface area contributed by atoms with Crippen LogP contribution in [0.2, 0.25) is 5.02 Å². The van der Waals surface area contributed by atoms with Crippen molar-refractivity contribution in [3.05, 3.63) is 70.7 Å². The molecule has 1 unspecified atom stereocenters. The first-order valence-corrected chi connectivity index (χ1v) is 10.3. The molecule has 1 atom stereocenters. The van der Waals surface area contributed by atoms with E-state index in [1.165, 1.54) is 0 Å². The second kappa shape index (κ2) is 8.45. The highest BCUT2D eigenvalue weighted by atomic mass is 35.5. The molecular weight excluding hydrogens is 420 g/mol. The van der Waals surface area contributed by atoms with E-state index in [1.54, 1.807) is 7.11 Å². The summed E-state index contributed by atoms with van der Waals surface area (Å²) in [6.07, 6.45) is 0. The maximum absolute atomic E-state index is 6.25. The largest absolute Gasteiger partial charge is 0.497 e. The van der Waals surface area contributed by atoms with Crippen molar-refractivity contribution >= 4 is 34.5 Å². The molecular formula is C22H21ClN4O2S. The van der Waals surface area contributed by atoms with E-state index in [4.69, 9.17) is 33.1 Å². The number of halogens is 1. The van der Waals surface area contributed by atoms with Crippen molar-refractivity contribution in [2.24, 2.45) is 0 Å². The van der Waals surface area contributed by atoms with Crippen LogP contribution in [0.4, 0.5) is 0 Å². The number of thiocarbonyl (C=S) groups is 1. The highest BCUT2D eigenvalue weighted by molar-refractivity contribution is 7.80. The number of methoxy groups -OCH3 is 1. The van der Waals surface area contributed by atoms with Crippen LogP contribution in [-0.4, -0.2) is 33.8 Å². The van der Waals surface area contributed by atoms with Gasteiger partial charge in [0.15, 0.2) is 5.11 Å². The van der Waals surface area contributed by atoms with E-state index >= 15 is 0 Å². The van der Waals surface area contributed by atoms with Gasteiger partial charge >= 0.3 is 0 Å². The second-order valence-corrected chi connectivity index (χ2v) is 7.66. The molecule has 0 fully saturated rings. The standard InChI is InChI=1S/C22H21ClN4O2S/c1-4-27-13(2)18(19(24-22(27)30)15-6-5-7-16(23)12-15)21-25-20(26-29-21)14-8-10-17(28-3)11-9-14/h5-12,19H,4H2,1-3H3,(H,24,30). The Morgan fingerprint density at radius 2 is 2.00 bits per heavy atom. The molecule has 1 aliphatic heterocycles. The third-order valence-corrected chi connectivity index (χ3v) is 5.67. The van der Waals surface area contributed by atoms with Crippen LogP contribution in [0.15, 0.2) is 58.8 Å². The van der Waals surface area contributed by atoms with Gasteiger partial charge in [0, 0.05) is 22.8 Å². The van der Waals surface area contributed by atoms with Crippen molar-refractivity contribution in [2.75, 3.05) is 13.7 Å². The van der Waals surface area contributed by atoms with Gasteiger partial charge in [-0.15, -0.1) is 0 Å². The van der Waals surface area contributed by atoms with E-state index in [-0.39, 0.29) is 6.04 Å². The minimum atomic E-state index is -0.247. The van der Waals surface area contributed by atoms with Crippen LogP contribution in [-0.2, 0) is 0 Å². The van der Waals surface area contributed by atoms with Crippen LogP contribution < -0.4 is 10.1 Å². The molecule has 2 aromatic carbocycles. The van der Waals surface area contributed by atoms with Gasteiger partial charge in [-0.25, -0.2) is 0 Å². The fraction of sp³-hybridized carbons (Fsp3) is 0.227. The van der Waals surface area contributed by atoms with Gasteiger partial charge in [0.05, 0.1) is 18.7 Å². The third-order valence-electron chi connectivity index (χ3n) is 5.10. The molecule has 0 saturated heterocycles. The van der Waals surface area contributed by atoms with Crippen molar-refractivity contribution in [2.45, 2.75) is 19.9 Å². The fourth-order valence-electron chi connectivity index (χ4n) is 3.57. The molecule has 0 saturated carbocycles. The topological polar surface area (TPSA) is 63.4 Å². The van der Waals surface area contributed by atoms with Crippen LogP contribution in [0.25, 0.3) is 17.0 Å². The van der Waals surface area contributed by atoms with Gasteiger partial charge in [-0.05, 0) is 68.0 Å². The van der Waals surface area contributed by atoms with Crippen LogP contribution in [0.1, 0.15) is 31.3 Å². The van der Waals surface area contributed by atoms with Gasteiger partial charge < -0.3 is 19.5 Å². The Bertz CT molecular complexity index is 1110. The van der Waals surface area contributed by atoms with Crippen LogP contribution in [0.5, 0.6) is 5.75 Å². The summed E-state index contributed by atoms with van der Waals surface area (Å²) in [6.45, 7) is 4.79. The molecule has 30 heavy (non-hydrogen) atoms. The first-order valence-electron chi connectivity index (χ1n) is 9.54. The maximum atomic E-state index is 6.25. The number of hydrogen-bond acceptors (Lipinski definition) is 5. The van der Waals surface area contributed by atoms with Crippen LogP contribution in [0.3, 0.4) is 0 Å². The van der Waals surface area contributed by atoms with Gasteiger partial charge in [-0.3, -0.25) is 0 Å². The molecule has 0 amide bonds. The fourth-order valence-corrected chi connectivity index (χ4v) is 4.15. The molecule has 0 radical (unpaired) electrons. The summed E-state index contributed by atoms with van der Waals surface area (Å²) in [6, 6.07) is 15.0. The van der Waals surface area contributed by atoms with E-state index in [0.717, 1.165) is 34.7 Å². The molecule has 1 N–H and O–H groups in total. The van der Waals surface area contributed by atoms with E-state index < -0.39 is 0 Å². The quantitative estimate of drug-likeness (QED) is 0.555. The lowest BCUT2D eigenvalue weighted by atomic mass is 9.95. The molecule has 6 nitrogen and oxygen atoms in total. The normalized spacial score (nSPS) is 16.6. The zero-order chi connectivity index (χ0) is 21.3. The second-order valence-electron chi connectivity index (χ2n) is 6.83. The molecule has 2 heterocycles. The van der Waals surface area contributed by atoms with E-state index in [0.29, 0.717) is 21.9 Å². The zero-order valence-electron chi connectivity index (χ0n) is 16.8. The summed E-state index contributed by atoms with van der Waals surface area (Å²) in [5.74, 6) is 1.72. The highest BCUT2D eigenvalue weighted by Crippen LogP contribution is 2.37. The summed E-state index contributed by atoms with van der Waals surface area (Å²) in [5.41, 5.74) is 3.66. The number of ether oxygens (including phenoxy) is 1. The van der Waals surface area contributed by atoms with E-state index in [1.807, 2.05) is 67.3 Å². The lowest BCUT2D eigenvalue weighted by molar-refractivity contribution is 0.398. The Morgan fingerprint density at radius 3 is 2.67 bits per heavy atom. The number of nitrogens with one attached hydrogen (secondary N) is 1. The van der Waals surface area contributed by atoms with Gasteiger partial charge in [-0.1, -0.05) is 28.9 Å². The summed E-state index contributed by atoms with van der Waals surface area (Å²) >= 11 is 11.8. The predicted octanol–water partition coefficient (Wildman–Crippen LogP) is 5.08. The van der Waals surface area contributed by atoms with Crippen LogP contribution in [0, 0.1) is 0 Å². The molecule has 1 aliphatic rings. The number of rotatable bonds is 5. The van der Waals surface area contributed by atoms with Crippen molar-refractivity contribution in [1.29, 1.82) is 0 Å². The number of hydrogen-bond donors (Lipinski definition) is 1. The number of allylic oxidation sites excluding steroid dienone is 1. The maximum Gasteiger partial charge on any atom is 0.258 e. The number of aromatic nitrogens is 2. The Balaban J connectivity index is 1.79. The van der Waals surface area contributed by atoms with Gasteiger partial charge in [0.2, 0.25) is 5.82 Å². The predicted molar refractivity (Wildman–Crippen MR) is 121 cm³/mol. The first-order chi connectivity index (χ1) is 14.5. The minimum absolute atomic E-state index is 0.247. The lowest BCUT2D eigenvalue weighted by Gasteiger charge is -2.36. The van der Waals surface area contributed by atoms with Gasteiger partial charge in [0.1, 0.15) is 5.75 Å². The average Bonchev–Trinajstić information content (AvgIpc) is 3.23. The summed E-state index contributed by atoms with van der Waals surface area (Å²) < 4.78 is 10.9. The SMILES string of the molecule is CCN1C(=S)NC(c2cccc(Cl)c2)C(c2nc(-c3ccc(OC)cc3)no2)=C1C. The van der Waals surface area contributed by atoms with Crippen molar-refractivity contribution < 1.29 is 9.26 Å². The molecule has 0 spiro atoms. The zero-order valence-corrected chi connectivity index (χ0v) is 18.4. The Morgan fingerprint density at radius 1 is 1.23 bits per heavy atom. The minimum Gasteiger partial charge on any atom is -0.497 e. The Kier molecular flexibility index (Phi) is 5.74.